The van der Waals surface area contributed by atoms with Crippen LogP contribution >= 0.6 is 0 Å². The van der Waals surface area contributed by atoms with E-state index < -0.39 is 0 Å². The van der Waals surface area contributed by atoms with Crippen molar-refractivity contribution in [2.24, 2.45) is 0 Å². The number of rotatable bonds is 4. The van der Waals surface area contributed by atoms with Crippen LogP contribution in [-0.2, 0) is 0 Å². The van der Waals surface area contributed by atoms with Crippen LogP contribution in [0.5, 0.6) is 0 Å². The van der Waals surface area contributed by atoms with Crippen molar-refractivity contribution in [1.82, 2.24) is 19.8 Å². The van der Waals surface area contributed by atoms with Crippen molar-refractivity contribution < 1.29 is 0 Å². The maximum absolute atomic E-state index is 4.93. The molecule has 0 bridgehead atoms. The van der Waals surface area contributed by atoms with Gasteiger partial charge < -0.3 is 5.32 Å². The minimum atomic E-state index is 0.121. The van der Waals surface area contributed by atoms with E-state index in [4.69, 9.17) is 4.98 Å². The highest BCUT2D eigenvalue weighted by Crippen LogP contribution is 2.29. The molecule has 0 unspecified atom stereocenters. The maximum Gasteiger partial charge on any atom is 0.186 e. The van der Waals surface area contributed by atoms with Crippen molar-refractivity contribution in [2.75, 3.05) is 5.32 Å². The molecule has 5 heteroatoms. The van der Waals surface area contributed by atoms with E-state index in [1.165, 1.54) is 5.56 Å². The molecule has 5 aromatic rings. The van der Waals surface area contributed by atoms with Crippen LogP contribution in [0, 0.1) is 0 Å². The van der Waals surface area contributed by atoms with E-state index in [2.05, 4.69) is 52.9 Å². The van der Waals surface area contributed by atoms with Gasteiger partial charge in [-0.2, -0.15) is 4.52 Å². The summed E-state index contributed by atoms with van der Waals surface area (Å²) in [6, 6.07) is 28.7. The number of anilines is 1. The predicted octanol–water partition coefficient (Wildman–Crippen LogP) is 5.12. The Hall–Kier alpha value is -3.73. The molecule has 3 aromatic carbocycles. The molecule has 0 aliphatic rings. The van der Waals surface area contributed by atoms with Crippen molar-refractivity contribution in [2.45, 2.75) is 13.0 Å². The largest absolute Gasteiger partial charge is 0.363 e. The summed E-state index contributed by atoms with van der Waals surface area (Å²) in [6.07, 6.45) is 0. The fourth-order valence-electron chi connectivity index (χ4n) is 3.49. The number of aromatic nitrogens is 4. The summed E-state index contributed by atoms with van der Waals surface area (Å²) < 4.78 is 1.82. The molecule has 136 valence electrons. The molecule has 5 nitrogen and oxygen atoms in total. The van der Waals surface area contributed by atoms with Crippen LogP contribution in [0.15, 0.2) is 84.9 Å². The summed E-state index contributed by atoms with van der Waals surface area (Å²) in [5.41, 5.74) is 4.71. The number of nitrogens with zero attached hydrogens (tertiary/aromatic N) is 4. The molecule has 28 heavy (non-hydrogen) atoms. The molecule has 2 aromatic heterocycles. The third kappa shape index (κ3) is 2.77. The number of hydrogen-bond acceptors (Lipinski definition) is 4. The lowest BCUT2D eigenvalue weighted by Gasteiger charge is -2.17. The average Bonchev–Trinajstić information content (AvgIpc) is 3.19. The van der Waals surface area contributed by atoms with Gasteiger partial charge in [0.15, 0.2) is 5.65 Å². The lowest BCUT2D eigenvalue weighted by molar-refractivity contribution is 0.862. The summed E-state index contributed by atoms with van der Waals surface area (Å²) in [5, 5.41) is 13.4. The summed E-state index contributed by atoms with van der Waals surface area (Å²) in [6.45, 7) is 2.14. The van der Waals surface area contributed by atoms with Crippen molar-refractivity contribution in [1.29, 1.82) is 0 Å². The first kappa shape index (κ1) is 16.4. The zero-order valence-electron chi connectivity index (χ0n) is 15.4. The van der Waals surface area contributed by atoms with E-state index in [-0.39, 0.29) is 6.04 Å². The van der Waals surface area contributed by atoms with Gasteiger partial charge in [-0.1, -0.05) is 78.0 Å². The topological polar surface area (TPSA) is 55.1 Å². The fourth-order valence-corrected chi connectivity index (χ4v) is 3.49. The lowest BCUT2D eigenvalue weighted by Crippen LogP contribution is -2.09. The van der Waals surface area contributed by atoms with Crippen molar-refractivity contribution >= 4 is 22.4 Å². The van der Waals surface area contributed by atoms with E-state index in [0.717, 1.165) is 33.6 Å². The van der Waals surface area contributed by atoms with Crippen molar-refractivity contribution in [3.63, 3.8) is 0 Å². The average molecular weight is 365 g/mol. The summed E-state index contributed by atoms with van der Waals surface area (Å²) >= 11 is 0. The van der Waals surface area contributed by atoms with Crippen LogP contribution in [0.2, 0.25) is 0 Å². The molecule has 0 saturated carbocycles. The third-order valence-electron chi connectivity index (χ3n) is 4.95. The zero-order chi connectivity index (χ0) is 18.9. The molecule has 1 atom stereocenters. The molecular formula is C23H19N5. The van der Waals surface area contributed by atoms with Gasteiger partial charge in [0.25, 0.3) is 0 Å². The molecule has 1 N–H and O–H groups in total. The maximum atomic E-state index is 4.93. The molecule has 0 spiro atoms. The van der Waals surface area contributed by atoms with Gasteiger partial charge in [-0.15, -0.1) is 5.10 Å². The Bertz CT molecular complexity index is 1250. The number of hydrogen-bond donors (Lipinski definition) is 1. The quantitative estimate of drug-likeness (QED) is 0.480. The Morgan fingerprint density at radius 2 is 1.50 bits per heavy atom. The molecule has 0 amide bonds. The second-order valence-electron chi connectivity index (χ2n) is 6.79. The van der Waals surface area contributed by atoms with Gasteiger partial charge in [-0.05, 0) is 24.6 Å². The molecule has 5 rings (SSSR count). The number of benzene rings is 3. The van der Waals surface area contributed by atoms with Crippen molar-refractivity contribution in [3.8, 4) is 11.3 Å². The van der Waals surface area contributed by atoms with Gasteiger partial charge in [-0.25, -0.2) is 4.98 Å². The van der Waals surface area contributed by atoms with Crippen LogP contribution in [-0.4, -0.2) is 19.8 Å². The van der Waals surface area contributed by atoms with Crippen LogP contribution < -0.4 is 5.32 Å². The monoisotopic (exact) mass is 365 g/mol. The Balaban J connectivity index is 1.69. The number of fused-ring (bicyclic) bond motifs is 3. The van der Waals surface area contributed by atoms with E-state index in [1.807, 2.05) is 59.1 Å². The molecular weight excluding hydrogens is 346 g/mol. The molecule has 2 heterocycles. The Morgan fingerprint density at radius 1 is 0.821 bits per heavy atom. The van der Waals surface area contributed by atoms with Crippen LogP contribution in [0.4, 0.5) is 5.82 Å². The minimum absolute atomic E-state index is 0.121. The second kappa shape index (κ2) is 6.78. The van der Waals surface area contributed by atoms with E-state index in [0.29, 0.717) is 0 Å². The Morgan fingerprint density at radius 3 is 2.29 bits per heavy atom. The van der Waals surface area contributed by atoms with Gasteiger partial charge in [0.2, 0.25) is 0 Å². The minimum Gasteiger partial charge on any atom is -0.363 e. The lowest BCUT2D eigenvalue weighted by atomic mass is 10.1. The summed E-state index contributed by atoms with van der Waals surface area (Å²) in [5.74, 6) is 0.832. The molecule has 0 saturated heterocycles. The van der Waals surface area contributed by atoms with Gasteiger partial charge in [0.1, 0.15) is 11.5 Å². The second-order valence-corrected chi connectivity index (χ2v) is 6.79. The molecule has 0 radical (unpaired) electrons. The molecule has 0 aliphatic heterocycles. The summed E-state index contributed by atoms with van der Waals surface area (Å²) in [4.78, 5) is 4.93. The van der Waals surface area contributed by atoms with Gasteiger partial charge in [-0.3, -0.25) is 0 Å². The van der Waals surface area contributed by atoms with E-state index in [9.17, 15) is 0 Å². The van der Waals surface area contributed by atoms with Crippen LogP contribution in [0.3, 0.4) is 0 Å². The molecule has 0 aliphatic carbocycles. The van der Waals surface area contributed by atoms with E-state index >= 15 is 0 Å². The van der Waals surface area contributed by atoms with Crippen LogP contribution in [0.25, 0.3) is 27.8 Å². The first-order chi connectivity index (χ1) is 13.8. The number of para-hydroxylation sites is 1. The van der Waals surface area contributed by atoms with E-state index in [1.54, 1.807) is 0 Å². The zero-order valence-corrected chi connectivity index (χ0v) is 15.4. The smallest absolute Gasteiger partial charge is 0.186 e. The highest BCUT2D eigenvalue weighted by Gasteiger charge is 2.16. The Labute approximate surface area is 162 Å². The fraction of sp³-hybridized carbons (Fsp3) is 0.0870. The third-order valence-corrected chi connectivity index (χ3v) is 4.95. The first-order valence-electron chi connectivity index (χ1n) is 9.32. The summed E-state index contributed by atoms with van der Waals surface area (Å²) in [7, 11) is 0. The SMILES string of the molecule is C[C@@H](Nc1nc2c(-c3ccccc3)nnn2c2ccccc12)c1ccccc1. The predicted molar refractivity (Wildman–Crippen MR) is 112 cm³/mol. The normalized spacial score (nSPS) is 12.3. The van der Waals surface area contributed by atoms with Gasteiger partial charge in [0.05, 0.1) is 5.52 Å². The van der Waals surface area contributed by atoms with Gasteiger partial charge in [0, 0.05) is 17.0 Å². The van der Waals surface area contributed by atoms with Gasteiger partial charge >= 0.3 is 0 Å². The van der Waals surface area contributed by atoms with Crippen LogP contribution in [0.1, 0.15) is 18.5 Å². The first-order valence-corrected chi connectivity index (χ1v) is 9.32. The highest BCUT2D eigenvalue weighted by atomic mass is 15.4. The standard InChI is InChI=1S/C23H19N5/c1-16(17-10-4-2-5-11-17)24-22-19-14-8-9-15-20(19)28-23(25-22)21(26-27-28)18-12-6-3-7-13-18/h2-16H,1H3,(H,24,25)/t16-/m1/s1. The molecule has 0 fully saturated rings. The van der Waals surface area contributed by atoms with Crippen molar-refractivity contribution in [3.05, 3.63) is 90.5 Å². The Kier molecular flexibility index (Phi) is 3.98. The highest BCUT2D eigenvalue weighted by molar-refractivity contribution is 5.93. The number of nitrogens with one attached hydrogen (secondary N) is 1.